The van der Waals surface area contributed by atoms with Crippen molar-refractivity contribution in [3.05, 3.63) is 35.4 Å². The van der Waals surface area contributed by atoms with Gasteiger partial charge in [0.2, 0.25) is 12.5 Å². The van der Waals surface area contributed by atoms with Gasteiger partial charge >= 0.3 is 0 Å². The minimum Gasteiger partial charge on any atom is -0.493 e. The molecule has 7 nitrogen and oxygen atoms in total. The first-order valence-corrected chi connectivity index (χ1v) is 10.7. The Kier molecular flexibility index (Phi) is 5.01. The standard InChI is InChI=1S/C24H29NO6/c1-24(25-7-5-6-8-25)13-17(15-9-21(26-2)23(28-4)22(10-15)27-3)16-11-19-20(30-14-29-19)12-18(16)31-24/h9-12,17H,5-8,13-14H2,1-4H3/t17-,24+/m0/s1. The predicted octanol–water partition coefficient (Wildman–Crippen LogP) is 4.17. The average molecular weight is 427 g/mol. The van der Waals surface area contributed by atoms with Crippen LogP contribution < -0.4 is 28.4 Å². The average Bonchev–Trinajstić information content (AvgIpc) is 3.48. The predicted molar refractivity (Wildman–Crippen MR) is 115 cm³/mol. The zero-order valence-corrected chi connectivity index (χ0v) is 18.5. The molecule has 3 heterocycles. The number of hydrogen-bond acceptors (Lipinski definition) is 7. The molecule has 0 saturated carbocycles. The summed E-state index contributed by atoms with van der Waals surface area (Å²) in [6, 6.07) is 8.09. The Balaban J connectivity index is 1.65. The number of hydrogen-bond donors (Lipinski definition) is 0. The highest BCUT2D eigenvalue weighted by Crippen LogP contribution is 2.52. The molecule has 0 N–H and O–H groups in total. The fourth-order valence-corrected chi connectivity index (χ4v) is 5.05. The first-order chi connectivity index (χ1) is 15.1. The van der Waals surface area contributed by atoms with Crippen LogP contribution in [0.15, 0.2) is 24.3 Å². The first-order valence-electron chi connectivity index (χ1n) is 10.7. The lowest BCUT2D eigenvalue weighted by Gasteiger charge is -2.45. The largest absolute Gasteiger partial charge is 0.493 e. The van der Waals surface area contributed by atoms with Crippen LogP contribution in [-0.2, 0) is 0 Å². The quantitative estimate of drug-likeness (QED) is 0.710. The van der Waals surface area contributed by atoms with Crippen LogP contribution in [-0.4, -0.2) is 51.8 Å². The molecule has 0 bridgehead atoms. The van der Waals surface area contributed by atoms with Gasteiger partial charge in [0.05, 0.1) is 21.3 Å². The van der Waals surface area contributed by atoms with E-state index in [1.54, 1.807) is 21.3 Å². The molecule has 31 heavy (non-hydrogen) atoms. The van der Waals surface area contributed by atoms with Crippen LogP contribution in [0.2, 0.25) is 0 Å². The maximum atomic E-state index is 6.64. The van der Waals surface area contributed by atoms with Gasteiger partial charge in [-0.15, -0.1) is 0 Å². The SMILES string of the molecule is COc1cc([C@@H]2C[C@](C)(N3CCCC3)Oc3cc4c(cc32)OCO4)cc(OC)c1OC. The van der Waals surface area contributed by atoms with Crippen molar-refractivity contribution in [3.8, 4) is 34.5 Å². The Hall–Kier alpha value is -2.80. The normalized spacial score (nSPS) is 24.5. The van der Waals surface area contributed by atoms with Gasteiger partial charge in [-0.25, -0.2) is 0 Å². The lowest BCUT2D eigenvalue weighted by molar-refractivity contribution is -0.0768. The van der Waals surface area contributed by atoms with Gasteiger partial charge in [0, 0.05) is 37.1 Å². The number of rotatable bonds is 5. The second kappa shape index (κ2) is 7.71. The molecule has 2 aromatic rings. The molecule has 0 aromatic heterocycles. The molecule has 2 aromatic carbocycles. The maximum absolute atomic E-state index is 6.64. The number of likely N-dealkylation sites (tertiary alicyclic amines) is 1. The van der Waals surface area contributed by atoms with Gasteiger partial charge in [0.25, 0.3) is 0 Å². The van der Waals surface area contributed by atoms with E-state index in [-0.39, 0.29) is 12.7 Å². The molecule has 166 valence electrons. The fraction of sp³-hybridized carbons (Fsp3) is 0.500. The molecule has 0 unspecified atom stereocenters. The molecular weight excluding hydrogens is 398 g/mol. The molecule has 1 fully saturated rings. The summed E-state index contributed by atoms with van der Waals surface area (Å²) in [7, 11) is 4.91. The molecule has 2 atom stereocenters. The Bertz CT molecular complexity index is 961. The highest BCUT2D eigenvalue weighted by atomic mass is 16.7. The summed E-state index contributed by atoms with van der Waals surface area (Å²) in [6.07, 6.45) is 3.20. The van der Waals surface area contributed by atoms with E-state index in [0.717, 1.165) is 47.9 Å². The van der Waals surface area contributed by atoms with E-state index >= 15 is 0 Å². The third-order valence-electron chi connectivity index (χ3n) is 6.66. The summed E-state index contributed by atoms with van der Waals surface area (Å²) >= 11 is 0. The Labute approximate surface area is 182 Å². The highest BCUT2D eigenvalue weighted by Gasteiger charge is 2.44. The van der Waals surface area contributed by atoms with E-state index < -0.39 is 5.72 Å². The Morgan fingerprint density at radius 2 is 1.52 bits per heavy atom. The molecule has 0 spiro atoms. The van der Waals surface area contributed by atoms with E-state index in [1.807, 2.05) is 18.2 Å². The van der Waals surface area contributed by atoms with Crippen molar-refractivity contribution >= 4 is 0 Å². The zero-order valence-electron chi connectivity index (χ0n) is 18.5. The van der Waals surface area contributed by atoms with Gasteiger partial charge in [0.15, 0.2) is 28.7 Å². The van der Waals surface area contributed by atoms with Crippen LogP contribution in [0.25, 0.3) is 0 Å². The molecular formula is C24H29NO6. The number of benzene rings is 2. The monoisotopic (exact) mass is 427 g/mol. The zero-order chi connectivity index (χ0) is 21.6. The van der Waals surface area contributed by atoms with Crippen LogP contribution in [0.1, 0.15) is 43.2 Å². The summed E-state index contributed by atoms with van der Waals surface area (Å²) in [5.41, 5.74) is 1.75. The number of ether oxygens (including phenoxy) is 6. The topological polar surface area (TPSA) is 58.6 Å². The number of nitrogens with zero attached hydrogens (tertiary/aromatic N) is 1. The minimum absolute atomic E-state index is 0.0672. The lowest BCUT2D eigenvalue weighted by atomic mass is 9.81. The van der Waals surface area contributed by atoms with Crippen LogP contribution in [0, 0.1) is 0 Å². The molecule has 3 aliphatic rings. The van der Waals surface area contributed by atoms with Crippen molar-refractivity contribution in [2.24, 2.45) is 0 Å². The summed E-state index contributed by atoms with van der Waals surface area (Å²) < 4.78 is 34.7. The van der Waals surface area contributed by atoms with E-state index in [0.29, 0.717) is 17.2 Å². The Morgan fingerprint density at radius 1 is 0.871 bits per heavy atom. The first kappa shape index (κ1) is 20.1. The highest BCUT2D eigenvalue weighted by molar-refractivity contribution is 5.60. The Morgan fingerprint density at radius 3 is 2.13 bits per heavy atom. The molecule has 0 radical (unpaired) electrons. The van der Waals surface area contributed by atoms with Crippen LogP contribution in [0.5, 0.6) is 34.5 Å². The van der Waals surface area contributed by atoms with Crippen LogP contribution in [0.4, 0.5) is 0 Å². The second-order valence-corrected chi connectivity index (χ2v) is 8.43. The molecule has 0 aliphatic carbocycles. The van der Waals surface area contributed by atoms with E-state index in [4.69, 9.17) is 28.4 Å². The summed E-state index contributed by atoms with van der Waals surface area (Å²) in [5, 5.41) is 0. The molecule has 5 rings (SSSR count). The summed E-state index contributed by atoms with van der Waals surface area (Å²) in [5.74, 6) is 4.27. The second-order valence-electron chi connectivity index (χ2n) is 8.43. The summed E-state index contributed by atoms with van der Waals surface area (Å²) in [4.78, 5) is 2.45. The van der Waals surface area contributed by atoms with E-state index in [1.165, 1.54) is 12.8 Å². The van der Waals surface area contributed by atoms with Crippen molar-refractivity contribution in [2.45, 2.75) is 37.8 Å². The molecule has 3 aliphatic heterocycles. The maximum Gasteiger partial charge on any atom is 0.231 e. The van der Waals surface area contributed by atoms with Crippen molar-refractivity contribution < 1.29 is 28.4 Å². The van der Waals surface area contributed by atoms with E-state index in [9.17, 15) is 0 Å². The molecule has 1 saturated heterocycles. The van der Waals surface area contributed by atoms with Crippen LogP contribution in [0.3, 0.4) is 0 Å². The van der Waals surface area contributed by atoms with Crippen molar-refractivity contribution in [2.75, 3.05) is 41.2 Å². The van der Waals surface area contributed by atoms with Crippen molar-refractivity contribution in [1.29, 1.82) is 0 Å². The van der Waals surface area contributed by atoms with Crippen molar-refractivity contribution in [3.63, 3.8) is 0 Å². The third-order valence-corrected chi connectivity index (χ3v) is 6.66. The van der Waals surface area contributed by atoms with Crippen LogP contribution >= 0.6 is 0 Å². The minimum atomic E-state index is -0.414. The van der Waals surface area contributed by atoms with Gasteiger partial charge in [0.1, 0.15) is 5.75 Å². The number of fused-ring (bicyclic) bond motifs is 2. The van der Waals surface area contributed by atoms with Crippen molar-refractivity contribution in [1.82, 2.24) is 4.90 Å². The fourth-order valence-electron chi connectivity index (χ4n) is 5.05. The summed E-state index contributed by atoms with van der Waals surface area (Å²) in [6.45, 7) is 4.50. The third kappa shape index (κ3) is 3.31. The van der Waals surface area contributed by atoms with Gasteiger partial charge in [-0.1, -0.05) is 0 Å². The molecule has 7 heteroatoms. The number of methoxy groups -OCH3 is 3. The lowest BCUT2D eigenvalue weighted by Crippen LogP contribution is -2.52. The molecule has 0 amide bonds. The van der Waals surface area contributed by atoms with Gasteiger partial charge < -0.3 is 28.4 Å². The van der Waals surface area contributed by atoms with E-state index in [2.05, 4.69) is 17.9 Å². The van der Waals surface area contributed by atoms with Gasteiger partial charge in [-0.3, -0.25) is 4.90 Å². The smallest absolute Gasteiger partial charge is 0.231 e. The van der Waals surface area contributed by atoms with Gasteiger partial charge in [-0.05, 0) is 43.5 Å². The van der Waals surface area contributed by atoms with Gasteiger partial charge in [-0.2, -0.15) is 0 Å².